The van der Waals surface area contributed by atoms with Crippen molar-refractivity contribution in [2.24, 2.45) is 16.8 Å². The van der Waals surface area contributed by atoms with Crippen LogP contribution in [-0.2, 0) is 11.2 Å². The Balaban J connectivity index is 1.87. The number of carbonyl (C=O) groups excluding carboxylic acids is 1. The summed E-state index contributed by atoms with van der Waals surface area (Å²) >= 11 is 4.22. The Morgan fingerprint density at radius 1 is 1.11 bits per heavy atom. The lowest BCUT2D eigenvalue weighted by atomic mass is 9.92. The molecule has 0 aliphatic carbocycles. The molecule has 4 rings (SSSR count). The van der Waals surface area contributed by atoms with E-state index in [0.717, 1.165) is 18.2 Å². The van der Waals surface area contributed by atoms with E-state index in [-0.39, 0.29) is 35.0 Å². The molecule has 0 saturated carbocycles. The fourth-order valence-electron chi connectivity index (χ4n) is 4.37. The van der Waals surface area contributed by atoms with Gasteiger partial charge in [-0.2, -0.15) is 5.26 Å². The molecular formula is C29H25N7O9S. The number of nitro benzene ring substituents is 1. The van der Waals surface area contributed by atoms with Gasteiger partial charge in [-0.1, -0.05) is 18.2 Å². The predicted molar refractivity (Wildman–Crippen MR) is 163 cm³/mol. The number of hydrogen-bond donors (Lipinski definition) is 3. The van der Waals surface area contributed by atoms with E-state index in [1.807, 2.05) is 0 Å². The van der Waals surface area contributed by atoms with Crippen LogP contribution in [0.5, 0.6) is 11.5 Å². The van der Waals surface area contributed by atoms with Crippen molar-refractivity contribution in [2.75, 3.05) is 14.1 Å². The normalized spacial score (nSPS) is 14.9. The van der Waals surface area contributed by atoms with Crippen LogP contribution < -0.4 is 15.3 Å². The minimum atomic E-state index is -1.67. The molecule has 0 radical (unpaired) electrons. The molecule has 1 amide bonds. The molecule has 236 valence electrons. The summed E-state index contributed by atoms with van der Waals surface area (Å²) in [5, 5.41) is 44.2. The SMILES string of the molecule is CN(C)C(=O)c1cccc(OC2N=C(C(Cc3ccc(S)cc3)C(=O)O)C([N+](=O)[O-])=C(Oc3ccc(C#N)c([N+](=O)[O-])c3)N2N)c1. The van der Waals surface area contributed by atoms with Crippen molar-refractivity contribution in [3.8, 4) is 17.6 Å². The van der Waals surface area contributed by atoms with Gasteiger partial charge in [0.2, 0.25) is 0 Å². The number of thiol groups is 1. The highest BCUT2D eigenvalue weighted by Crippen LogP contribution is 2.32. The molecule has 46 heavy (non-hydrogen) atoms. The monoisotopic (exact) mass is 647 g/mol. The van der Waals surface area contributed by atoms with E-state index in [4.69, 9.17) is 15.3 Å². The van der Waals surface area contributed by atoms with E-state index in [2.05, 4.69) is 17.6 Å². The number of hydrazine groups is 1. The maximum atomic E-state index is 12.6. The van der Waals surface area contributed by atoms with Gasteiger partial charge in [0.25, 0.3) is 23.8 Å². The molecular weight excluding hydrogens is 622 g/mol. The van der Waals surface area contributed by atoms with Crippen LogP contribution in [0.4, 0.5) is 5.69 Å². The summed E-state index contributed by atoms with van der Waals surface area (Å²) in [6, 6.07) is 17.1. The van der Waals surface area contributed by atoms with Crippen molar-refractivity contribution in [3.63, 3.8) is 0 Å². The summed E-state index contributed by atoms with van der Waals surface area (Å²) in [7, 11) is 3.10. The summed E-state index contributed by atoms with van der Waals surface area (Å²) in [6.07, 6.45) is -1.92. The molecule has 3 N–H and O–H groups in total. The van der Waals surface area contributed by atoms with Gasteiger partial charge in [-0.15, -0.1) is 12.6 Å². The third-order valence-corrected chi connectivity index (χ3v) is 6.88. The molecule has 1 heterocycles. The van der Waals surface area contributed by atoms with Crippen LogP contribution >= 0.6 is 12.6 Å². The average Bonchev–Trinajstić information content (AvgIpc) is 3.01. The quantitative estimate of drug-likeness (QED) is 0.118. The van der Waals surface area contributed by atoms with Crippen LogP contribution in [0.15, 0.2) is 88.2 Å². The number of nitro groups is 2. The topological polar surface area (TPSA) is 228 Å². The molecule has 1 aliphatic rings. The molecule has 0 aromatic heterocycles. The zero-order valence-electron chi connectivity index (χ0n) is 24.1. The van der Waals surface area contributed by atoms with Gasteiger partial charge in [-0.25, -0.2) is 15.8 Å². The van der Waals surface area contributed by atoms with Crippen molar-refractivity contribution in [2.45, 2.75) is 17.7 Å². The lowest BCUT2D eigenvalue weighted by Gasteiger charge is -2.32. The molecule has 2 atom stereocenters. The Morgan fingerprint density at radius 3 is 2.39 bits per heavy atom. The van der Waals surface area contributed by atoms with Crippen molar-refractivity contribution in [1.82, 2.24) is 9.91 Å². The highest BCUT2D eigenvalue weighted by Gasteiger charge is 2.45. The van der Waals surface area contributed by atoms with Crippen LogP contribution in [0, 0.1) is 37.5 Å². The summed E-state index contributed by atoms with van der Waals surface area (Å²) in [4.78, 5) is 53.6. The molecule has 0 spiro atoms. The highest BCUT2D eigenvalue weighted by molar-refractivity contribution is 7.80. The molecule has 0 saturated heterocycles. The Kier molecular flexibility index (Phi) is 9.84. The Labute approximate surface area is 266 Å². The number of carboxylic acid groups (broad SMARTS) is 1. The van der Waals surface area contributed by atoms with Gasteiger partial charge in [-0.3, -0.25) is 29.8 Å². The van der Waals surface area contributed by atoms with Crippen LogP contribution in [0.25, 0.3) is 0 Å². The van der Waals surface area contributed by atoms with Crippen molar-refractivity contribution in [1.29, 1.82) is 5.26 Å². The first-order valence-electron chi connectivity index (χ1n) is 13.2. The predicted octanol–water partition coefficient (Wildman–Crippen LogP) is 3.22. The summed E-state index contributed by atoms with van der Waals surface area (Å²) in [5.74, 6) is 1.77. The van der Waals surface area contributed by atoms with Gasteiger partial charge in [0.05, 0.1) is 15.9 Å². The van der Waals surface area contributed by atoms with Crippen molar-refractivity contribution >= 4 is 35.9 Å². The minimum Gasteiger partial charge on any atom is -0.481 e. The van der Waals surface area contributed by atoms with Gasteiger partial charge in [0.1, 0.15) is 34.8 Å². The second-order valence-electron chi connectivity index (χ2n) is 9.92. The van der Waals surface area contributed by atoms with Crippen molar-refractivity contribution < 1.29 is 34.0 Å². The first-order chi connectivity index (χ1) is 21.8. The summed E-state index contributed by atoms with van der Waals surface area (Å²) < 4.78 is 11.6. The lowest BCUT2D eigenvalue weighted by Crippen LogP contribution is -2.51. The fraction of sp³-hybridized carbons (Fsp3) is 0.172. The number of nitriles is 1. The number of nitrogens with two attached hydrogens (primary N) is 1. The molecule has 0 bridgehead atoms. The number of aliphatic carboxylic acids is 1. The molecule has 1 aliphatic heterocycles. The maximum absolute atomic E-state index is 12.6. The molecule has 17 heteroatoms. The number of nitrogens with zero attached hydrogens (tertiary/aromatic N) is 6. The molecule has 0 fully saturated rings. The maximum Gasteiger partial charge on any atom is 0.352 e. The van der Waals surface area contributed by atoms with Gasteiger partial charge < -0.3 is 19.5 Å². The number of amides is 1. The van der Waals surface area contributed by atoms with Gasteiger partial charge in [-0.05, 0) is 54.4 Å². The standard InChI is InChI=1S/C29H25N7O9S/c1-33(2)26(37)17-4-3-5-19(13-17)45-29-32-24(22(28(38)39)12-16-6-10-21(46)11-7-16)25(36(42)43)27(34(29)31)44-20-9-8-18(15-30)23(14-20)35(40)41/h3-11,13-14,22,29,46H,12,31H2,1-2H3,(H,38,39). The third kappa shape index (κ3) is 7.20. The first-order valence-corrected chi connectivity index (χ1v) is 13.6. The Bertz CT molecular complexity index is 1820. The Hall–Kier alpha value is -5.99. The molecule has 3 aromatic rings. The number of carbonyl (C=O) groups is 2. The first kappa shape index (κ1) is 32.9. The van der Waals surface area contributed by atoms with E-state index in [0.29, 0.717) is 15.5 Å². The van der Waals surface area contributed by atoms with Crippen LogP contribution in [0.2, 0.25) is 0 Å². The smallest absolute Gasteiger partial charge is 0.352 e. The molecule has 3 aromatic carbocycles. The summed E-state index contributed by atoms with van der Waals surface area (Å²) in [5.41, 5.74) is -1.75. The van der Waals surface area contributed by atoms with Gasteiger partial charge in [0.15, 0.2) is 0 Å². The fourth-order valence-corrected chi connectivity index (χ4v) is 4.52. The summed E-state index contributed by atoms with van der Waals surface area (Å²) in [6.45, 7) is 0. The number of carboxylic acids is 1. The van der Waals surface area contributed by atoms with E-state index >= 15 is 0 Å². The third-order valence-electron chi connectivity index (χ3n) is 6.58. The second kappa shape index (κ2) is 13.8. The van der Waals surface area contributed by atoms with E-state index in [1.54, 1.807) is 44.4 Å². The van der Waals surface area contributed by atoms with Crippen LogP contribution in [0.1, 0.15) is 21.5 Å². The van der Waals surface area contributed by atoms with Crippen LogP contribution in [0.3, 0.4) is 0 Å². The average molecular weight is 648 g/mol. The molecule has 2 unspecified atom stereocenters. The number of rotatable bonds is 11. The van der Waals surface area contributed by atoms with E-state index < -0.39 is 51.1 Å². The largest absolute Gasteiger partial charge is 0.481 e. The zero-order chi connectivity index (χ0) is 33.7. The number of ether oxygens (including phenoxy) is 2. The van der Waals surface area contributed by atoms with Crippen LogP contribution in [-0.4, -0.2) is 62.9 Å². The minimum absolute atomic E-state index is 0.0467. The lowest BCUT2D eigenvalue weighted by molar-refractivity contribution is -0.420. The Morgan fingerprint density at radius 2 is 1.80 bits per heavy atom. The van der Waals surface area contributed by atoms with E-state index in [1.165, 1.54) is 29.2 Å². The van der Waals surface area contributed by atoms with E-state index in [9.17, 15) is 40.2 Å². The zero-order valence-corrected chi connectivity index (χ0v) is 25.0. The highest BCUT2D eigenvalue weighted by atomic mass is 32.1. The number of benzene rings is 3. The number of aliphatic imine (C=N–C) groups is 1. The van der Waals surface area contributed by atoms with Gasteiger partial charge >= 0.3 is 11.7 Å². The molecule has 16 nitrogen and oxygen atoms in total. The number of hydrogen-bond acceptors (Lipinski definition) is 13. The van der Waals surface area contributed by atoms with Crippen molar-refractivity contribution in [3.05, 3.63) is 115 Å². The second-order valence-corrected chi connectivity index (χ2v) is 10.4. The van der Waals surface area contributed by atoms with Gasteiger partial charge in [0, 0.05) is 24.6 Å². The number of allylic oxidation sites excluding steroid dienone is 1.